The standard InChI is InChI=1S/C39H29N5O/c1-22-16-23(2)36(24(3)17-22)35-20-41-38-32-19-27(12-14-30(32)37-34(44(35)38)10-7-15-40-37)45-26-11-13-28-29-8-5-6-9-33(29)43-21-25(4)42-39(43)31(28)18-26/h5-21H,1-4H3. The fourth-order valence-corrected chi connectivity index (χ4v) is 7.23. The normalized spacial score (nSPS) is 12.0. The number of imidazole rings is 2. The van der Waals surface area contributed by atoms with E-state index in [0.717, 1.165) is 72.3 Å². The molecule has 5 aromatic heterocycles. The second-order valence-electron chi connectivity index (χ2n) is 12.1. The van der Waals surface area contributed by atoms with Crippen LogP contribution < -0.4 is 4.74 Å². The fraction of sp³-hybridized carbons (Fsp3) is 0.103. The minimum atomic E-state index is 0.739. The zero-order valence-electron chi connectivity index (χ0n) is 25.5. The minimum absolute atomic E-state index is 0.739. The molecule has 0 atom stereocenters. The molecule has 0 aliphatic carbocycles. The molecule has 0 fully saturated rings. The molecule has 0 aliphatic rings. The molecule has 0 radical (unpaired) electrons. The van der Waals surface area contributed by atoms with Crippen LogP contribution in [0.3, 0.4) is 0 Å². The number of nitrogens with zero attached hydrogens (tertiary/aromatic N) is 5. The van der Waals surface area contributed by atoms with Gasteiger partial charge in [-0.25, -0.2) is 9.97 Å². The Morgan fingerprint density at radius 2 is 1.33 bits per heavy atom. The molecule has 0 spiro atoms. The summed E-state index contributed by atoms with van der Waals surface area (Å²) in [7, 11) is 0. The molecule has 0 saturated carbocycles. The van der Waals surface area contributed by atoms with Gasteiger partial charge in [0.05, 0.1) is 34.1 Å². The average Bonchev–Trinajstić information content (AvgIpc) is 3.65. The number of fused-ring (bicyclic) bond motifs is 12. The topological polar surface area (TPSA) is 56.7 Å². The molecule has 0 amide bonds. The highest BCUT2D eigenvalue weighted by atomic mass is 16.5. The number of aryl methyl sites for hydroxylation is 4. The predicted molar refractivity (Wildman–Crippen MR) is 183 cm³/mol. The Hall–Kier alpha value is -5.75. The highest BCUT2D eigenvalue weighted by Crippen LogP contribution is 2.38. The van der Waals surface area contributed by atoms with E-state index in [1.54, 1.807) is 0 Å². The zero-order valence-corrected chi connectivity index (χ0v) is 25.5. The van der Waals surface area contributed by atoms with Crippen molar-refractivity contribution in [2.24, 2.45) is 0 Å². The highest BCUT2D eigenvalue weighted by molar-refractivity contribution is 6.13. The van der Waals surface area contributed by atoms with Crippen LogP contribution in [0.2, 0.25) is 0 Å². The average molecular weight is 584 g/mol. The van der Waals surface area contributed by atoms with Crippen molar-refractivity contribution in [3.05, 3.63) is 126 Å². The molecule has 0 N–H and O–H groups in total. The first kappa shape index (κ1) is 25.7. The molecule has 0 unspecified atom stereocenters. The number of aromatic nitrogens is 5. The molecule has 0 bridgehead atoms. The molecule has 6 nitrogen and oxygen atoms in total. The number of hydrogen-bond acceptors (Lipinski definition) is 4. The molecule has 0 aliphatic heterocycles. The lowest BCUT2D eigenvalue weighted by atomic mass is 9.97. The molecular formula is C39H29N5O. The Balaban J connectivity index is 1.24. The van der Waals surface area contributed by atoms with Crippen LogP contribution in [0.15, 0.2) is 104 Å². The van der Waals surface area contributed by atoms with Gasteiger partial charge in [0.25, 0.3) is 0 Å². The maximum absolute atomic E-state index is 6.57. The van der Waals surface area contributed by atoms with Crippen molar-refractivity contribution in [2.45, 2.75) is 27.7 Å². The van der Waals surface area contributed by atoms with Gasteiger partial charge in [0.2, 0.25) is 0 Å². The smallest absolute Gasteiger partial charge is 0.145 e. The van der Waals surface area contributed by atoms with Crippen LogP contribution in [-0.2, 0) is 0 Å². The third-order valence-electron chi connectivity index (χ3n) is 8.96. The van der Waals surface area contributed by atoms with E-state index >= 15 is 0 Å². The van der Waals surface area contributed by atoms with E-state index < -0.39 is 0 Å². The van der Waals surface area contributed by atoms with Crippen LogP contribution in [0.5, 0.6) is 11.5 Å². The number of para-hydroxylation sites is 1. The van der Waals surface area contributed by atoms with E-state index in [0.29, 0.717) is 0 Å². The number of pyridine rings is 3. The number of hydrogen-bond donors (Lipinski definition) is 0. The van der Waals surface area contributed by atoms with Gasteiger partial charge in [-0.15, -0.1) is 0 Å². The fourth-order valence-electron chi connectivity index (χ4n) is 7.23. The summed E-state index contributed by atoms with van der Waals surface area (Å²) in [5, 5.41) is 5.43. The van der Waals surface area contributed by atoms with Crippen LogP contribution >= 0.6 is 0 Å². The van der Waals surface area contributed by atoms with Crippen molar-refractivity contribution in [1.29, 1.82) is 0 Å². The van der Waals surface area contributed by atoms with Gasteiger partial charge in [-0.05, 0) is 98.8 Å². The van der Waals surface area contributed by atoms with Gasteiger partial charge in [0.15, 0.2) is 0 Å². The first-order chi connectivity index (χ1) is 21.9. The Morgan fingerprint density at radius 1 is 0.622 bits per heavy atom. The lowest BCUT2D eigenvalue weighted by molar-refractivity contribution is 0.484. The van der Waals surface area contributed by atoms with E-state index in [2.05, 4.69) is 102 Å². The summed E-state index contributed by atoms with van der Waals surface area (Å²) in [6.45, 7) is 8.52. The molecule has 45 heavy (non-hydrogen) atoms. The van der Waals surface area contributed by atoms with Gasteiger partial charge >= 0.3 is 0 Å². The largest absolute Gasteiger partial charge is 0.457 e. The molecular weight excluding hydrogens is 554 g/mol. The highest BCUT2D eigenvalue weighted by Gasteiger charge is 2.19. The Labute approximate surface area is 259 Å². The maximum Gasteiger partial charge on any atom is 0.145 e. The van der Waals surface area contributed by atoms with Crippen LogP contribution in [0.25, 0.3) is 66.0 Å². The lowest BCUT2D eigenvalue weighted by Crippen LogP contribution is -1.98. The van der Waals surface area contributed by atoms with E-state index in [4.69, 9.17) is 19.7 Å². The third kappa shape index (κ3) is 3.78. The van der Waals surface area contributed by atoms with E-state index in [-0.39, 0.29) is 0 Å². The quantitative estimate of drug-likeness (QED) is 0.194. The van der Waals surface area contributed by atoms with Crippen molar-refractivity contribution < 1.29 is 4.74 Å². The first-order valence-corrected chi connectivity index (χ1v) is 15.2. The van der Waals surface area contributed by atoms with Gasteiger partial charge in [0.1, 0.15) is 22.8 Å². The van der Waals surface area contributed by atoms with Gasteiger partial charge < -0.3 is 4.74 Å². The number of ether oxygens (including phenoxy) is 1. The predicted octanol–water partition coefficient (Wildman–Crippen LogP) is 9.68. The monoisotopic (exact) mass is 583 g/mol. The summed E-state index contributed by atoms with van der Waals surface area (Å²) < 4.78 is 11.0. The minimum Gasteiger partial charge on any atom is -0.457 e. The summed E-state index contributed by atoms with van der Waals surface area (Å²) in [5.74, 6) is 1.49. The zero-order chi connectivity index (χ0) is 30.4. The Morgan fingerprint density at radius 3 is 2.13 bits per heavy atom. The van der Waals surface area contributed by atoms with E-state index in [1.165, 1.54) is 27.6 Å². The van der Waals surface area contributed by atoms with Gasteiger partial charge in [-0.1, -0.05) is 35.9 Å². The molecule has 216 valence electrons. The van der Waals surface area contributed by atoms with Crippen LogP contribution in [0.1, 0.15) is 22.4 Å². The Bertz CT molecular complexity index is 2660. The summed E-state index contributed by atoms with van der Waals surface area (Å²) in [6.07, 6.45) is 5.94. The van der Waals surface area contributed by atoms with Gasteiger partial charge in [-0.3, -0.25) is 13.8 Å². The van der Waals surface area contributed by atoms with Gasteiger partial charge in [0, 0.05) is 39.5 Å². The van der Waals surface area contributed by atoms with Crippen molar-refractivity contribution in [2.75, 3.05) is 0 Å². The lowest BCUT2D eigenvalue weighted by Gasteiger charge is -2.15. The van der Waals surface area contributed by atoms with Crippen molar-refractivity contribution in [3.63, 3.8) is 0 Å². The Kier molecular flexibility index (Phi) is 5.36. The van der Waals surface area contributed by atoms with E-state index in [9.17, 15) is 0 Å². The second kappa shape index (κ2) is 9.37. The molecule has 6 heteroatoms. The summed E-state index contributed by atoms with van der Waals surface area (Å²) >= 11 is 0. The van der Waals surface area contributed by atoms with Crippen molar-refractivity contribution in [1.82, 2.24) is 23.8 Å². The van der Waals surface area contributed by atoms with E-state index in [1.807, 2.05) is 37.5 Å². The van der Waals surface area contributed by atoms with Crippen LogP contribution in [0.4, 0.5) is 0 Å². The summed E-state index contributed by atoms with van der Waals surface area (Å²) in [4.78, 5) is 14.7. The molecule has 9 aromatic rings. The molecule has 9 rings (SSSR count). The summed E-state index contributed by atoms with van der Waals surface area (Å²) in [5.41, 5.74) is 11.9. The van der Waals surface area contributed by atoms with Crippen molar-refractivity contribution >= 4 is 54.8 Å². The van der Waals surface area contributed by atoms with Crippen molar-refractivity contribution in [3.8, 4) is 22.8 Å². The first-order valence-electron chi connectivity index (χ1n) is 15.2. The second-order valence-corrected chi connectivity index (χ2v) is 12.1. The SMILES string of the molecule is Cc1cc(C)c(-c2cnc3c4cc(Oc5ccc6c7ccccc7n7cc(C)nc7c6c5)ccc4c4ncccc4n23)c(C)c1. The van der Waals surface area contributed by atoms with Crippen LogP contribution in [-0.4, -0.2) is 23.8 Å². The third-order valence-corrected chi connectivity index (χ3v) is 8.96. The summed E-state index contributed by atoms with van der Waals surface area (Å²) in [6, 6.07) is 29.5. The van der Waals surface area contributed by atoms with Crippen LogP contribution in [0, 0.1) is 27.7 Å². The molecule has 4 aromatic carbocycles. The molecule has 5 heterocycles. The van der Waals surface area contributed by atoms with Gasteiger partial charge in [-0.2, -0.15) is 0 Å². The number of benzene rings is 4. The molecule has 0 saturated heterocycles. The number of rotatable bonds is 3. The maximum atomic E-state index is 6.57.